The zero-order chi connectivity index (χ0) is 14.6. The van der Waals surface area contributed by atoms with E-state index in [2.05, 4.69) is 15.9 Å². The van der Waals surface area contributed by atoms with Gasteiger partial charge in [0.1, 0.15) is 11.4 Å². The van der Waals surface area contributed by atoms with Crippen LogP contribution in [0.25, 0.3) is 0 Å². The molecule has 0 atom stereocenters. The number of Topliss-reactive ketones (excluding diaryl/α,β-unsaturated/α-hetero) is 1. The quantitative estimate of drug-likeness (QED) is 0.756. The number of hydrogen-bond donors (Lipinski definition) is 0. The van der Waals surface area contributed by atoms with Crippen molar-refractivity contribution in [2.24, 2.45) is 0 Å². The molecular formula is C16H20BrFO2. The first-order valence-corrected chi connectivity index (χ1v) is 7.89. The summed E-state index contributed by atoms with van der Waals surface area (Å²) in [6.07, 6.45) is 5.90. The van der Waals surface area contributed by atoms with Crippen LogP contribution in [0.3, 0.4) is 0 Å². The first-order valence-electron chi connectivity index (χ1n) is 7.10. The number of carbonyl (C=O) groups excluding carboxylic acids is 1. The number of methoxy groups -OCH3 is 1. The van der Waals surface area contributed by atoms with E-state index in [9.17, 15) is 9.18 Å². The van der Waals surface area contributed by atoms with E-state index in [0.29, 0.717) is 10.0 Å². The Bertz CT molecular complexity index is 479. The van der Waals surface area contributed by atoms with Crippen molar-refractivity contribution in [2.45, 2.75) is 50.5 Å². The number of hydrogen-bond acceptors (Lipinski definition) is 2. The van der Waals surface area contributed by atoms with Gasteiger partial charge in [-0.2, -0.15) is 0 Å². The highest BCUT2D eigenvalue weighted by atomic mass is 79.9. The summed E-state index contributed by atoms with van der Waals surface area (Å²) in [5, 5.41) is 0. The van der Waals surface area contributed by atoms with Crippen molar-refractivity contribution >= 4 is 21.7 Å². The minimum Gasteiger partial charge on any atom is -0.370 e. The highest BCUT2D eigenvalue weighted by Crippen LogP contribution is 2.32. The maximum atomic E-state index is 13.9. The van der Waals surface area contributed by atoms with Crippen LogP contribution in [0.15, 0.2) is 22.7 Å². The van der Waals surface area contributed by atoms with Crippen LogP contribution in [0.5, 0.6) is 0 Å². The van der Waals surface area contributed by atoms with Gasteiger partial charge in [0.2, 0.25) is 0 Å². The monoisotopic (exact) mass is 342 g/mol. The van der Waals surface area contributed by atoms with Gasteiger partial charge in [-0.15, -0.1) is 0 Å². The summed E-state index contributed by atoms with van der Waals surface area (Å²) in [4.78, 5) is 12.6. The van der Waals surface area contributed by atoms with E-state index >= 15 is 0 Å². The summed E-state index contributed by atoms with van der Waals surface area (Å²) >= 11 is 3.22. The lowest BCUT2D eigenvalue weighted by Gasteiger charge is -2.29. The van der Waals surface area contributed by atoms with Gasteiger partial charge in [0, 0.05) is 18.0 Å². The van der Waals surface area contributed by atoms with Gasteiger partial charge in [0.15, 0.2) is 5.78 Å². The largest absolute Gasteiger partial charge is 0.370 e. The summed E-state index contributed by atoms with van der Waals surface area (Å²) < 4.78 is 20.1. The number of carbonyl (C=O) groups is 1. The zero-order valence-corrected chi connectivity index (χ0v) is 13.3. The standard InChI is InChI=1S/C16H20BrFO2/c1-20-16(8-4-2-3-5-9-16)15(19)10-12-6-7-13(17)11-14(12)18/h6-7,11H,2-5,8-10H2,1H3. The van der Waals surface area contributed by atoms with Gasteiger partial charge in [-0.1, -0.05) is 47.7 Å². The van der Waals surface area contributed by atoms with Gasteiger partial charge in [0.25, 0.3) is 0 Å². The molecule has 4 heteroatoms. The van der Waals surface area contributed by atoms with Crippen LogP contribution in [0.2, 0.25) is 0 Å². The Morgan fingerprint density at radius 3 is 2.50 bits per heavy atom. The smallest absolute Gasteiger partial charge is 0.169 e. The van der Waals surface area contributed by atoms with E-state index in [0.717, 1.165) is 38.5 Å². The van der Waals surface area contributed by atoms with Gasteiger partial charge >= 0.3 is 0 Å². The molecule has 1 aliphatic rings. The summed E-state index contributed by atoms with van der Waals surface area (Å²) in [5.74, 6) is -0.337. The van der Waals surface area contributed by atoms with Crippen molar-refractivity contribution in [3.05, 3.63) is 34.1 Å². The third kappa shape index (κ3) is 3.47. The second-order valence-electron chi connectivity index (χ2n) is 5.45. The molecule has 1 saturated carbocycles. The second kappa shape index (κ2) is 6.81. The molecule has 1 fully saturated rings. The molecule has 0 aromatic heterocycles. The third-order valence-corrected chi connectivity index (χ3v) is 4.67. The molecule has 0 bridgehead atoms. The van der Waals surface area contributed by atoms with Crippen molar-refractivity contribution in [1.82, 2.24) is 0 Å². The predicted octanol–water partition coefficient (Wildman–Crippen LogP) is 4.44. The highest BCUT2D eigenvalue weighted by molar-refractivity contribution is 9.10. The van der Waals surface area contributed by atoms with Crippen LogP contribution >= 0.6 is 15.9 Å². The second-order valence-corrected chi connectivity index (χ2v) is 6.36. The van der Waals surface area contributed by atoms with Crippen LogP contribution in [-0.4, -0.2) is 18.5 Å². The minimum absolute atomic E-state index is 0.00289. The van der Waals surface area contributed by atoms with Crippen LogP contribution in [0.1, 0.15) is 44.1 Å². The normalized spacial score (nSPS) is 18.6. The number of ether oxygens (including phenoxy) is 1. The van der Waals surface area contributed by atoms with E-state index < -0.39 is 5.60 Å². The SMILES string of the molecule is COC1(C(=O)Cc2ccc(Br)cc2F)CCCCCC1. The molecule has 0 spiro atoms. The summed E-state index contributed by atoms with van der Waals surface area (Å²) in [6, 6.07) is 4.82. The molecule has 110 valence electrons. The van der Waals surface area contributed by atoms with Crippen LogP contribution < -0.4 is 0 Å². The van der Waals surface area contributed by atoms with Crippen molar-refractivity contribution in [2.75, 3.05) is 7.11 Å². The molecule has 0 N–H and O–H groups in total. The molecule has 0 radical (unpaired) electrons. The predicted molar refractivity (Wildman–Crippen MR) is 80.3 cm³/mol. The van der Waals surface area contributed by atoms with E-state index in [4.69, 9.17) is 4.74 Å². The van der Waals surface area contributed by atoms with Gasteiger partial charge in [-0.3, -0.25) is 4.79 Å². The maximum Gasteiger partial charge on any atom is 0.169 e. The fourth-order valence-electron chi connectivity index (χ4n) is 2.90. The Morgan fingerprint density at radius 2 is 1.95 bits per heavy atom. The Labute approximate surface area is 127 Å². The van der Waals surface area contributed by atoms with Gasteiger partial charge < -0.3 is 4.74 Å². The van der Waals surface area contributed by atoms with Crippen LogP contribution in [0, 0.1) is 5.82 Å². The van der Waals surface area contributed by atoms with E-state index in [1.165, 1.54) is 6.07 Å². The Morgan fingerprint density at radius 1 is 1.30 bits per heavy atom. The average molecular weight is 343 g/mol. The molecule has 0 heterocycles. The lowest BCUT2D eigenvalue weighted by atomic mass is 9.86. The summed E-state index contributed by atoms with van der Waals surface area (Å²) in [6.45, 7) is 0. The molecule has 0 unspecified atom stereocenters. The molecule has 0 aliphatic heterocycles. The van der Waals surface area contributed by atoms with E-state index in [-0.39, 0.29) is 18.0 Å². The fraction of sp³-hybridized carbons (Fsp3) is 0.562. The lowest BCUT2D eigenvalue weighted by Crippen LogP contribution is -2.41. The summed E-state index contributed by atoms with van der Waals surface area (Å²) in [5.41, 5.74) is -0.269. The van der Waals surface area contributed by atoms with Crippen molar-refractivity contribution in [3.8, 4) is 0 Å². The molecule has 0 amide bonds. The van der Waals surface area contributed by atoms with Crippen LogP contribution in [-0.2, 0) is 16.0 Å². The molecule has 2 rings (SSSR count). The molecule has 1 aromatic rings. The lowest BCUT2D eigenvalue weighted by molar-refractivity contribution is -0.142. The van der Waals surface area contributed by atoms with Gasteiger partial charge in [0.05, 0.1) is 0 Å². The number of ketones is 1. The van der Waals surface area contributed by atoms with Gasteiger partial charge in [-0.25, -0.2) is 4.39 Å². The number of rotatable bonds is 4. The first kappa shape index (κ1) is 15.6. The topological polar surface area (TPSA) is 26.3 Å². The fourth-order valence-corrected chi connectivity index (χ4v) is 3.23. The average Bonchev–Trinajstić information content (AvgIpc) is 2.68. The van der Waals surface area contributed by atoms with Crippen molar-refractivity contribution < 1.29 is 13.9 Å². The van der Waals surface area contributed by atoms with Crippen molar-refractivity contribution in [1.29, 1.82) is 0 Å². The van der Waals surface area contributed by atoms with Crippen molar-refractivity contribution in [3.63, 3.8) is 0 Å². The third-order valence-electron chi connectivity index (χ3n) is 4.18. The van der Waals surface area contributed by atoms with Gasteiger partial charge in [-0.05, 0) is 30.5 Å². The number of benzene rings is 1. The molecule has 20 heavy (non-hydrogen) atoms. The molecular weight excluding hydrogens is 323 g/mol. The maximum absolute atomic E-state index is 13.9. The Balaban J connectivity index is 2.16. The minimum atomic E-state index is -0.712. The zero-order valence-electron chi connectivity index (χ0n) is 11.8. The Kier molecular flexibility index (Phi) is 5.33. The summed E-state index contributed by atoms with van der Waals surface area (Å²) in [7, 11) is 1.60. The molecule has 2 nitrogen and oxygen atoms in total. The Hall–Kier alpha value is -0.740. The highest BCUT2D eigenvalue weighted by Gasteiger charge is 2.38. The molecule has 1 aromatic carbocycles. The number of halogens is 2. The van der Waals surface area contributed by atoms with Crippen LogP contribution in [0.4, 0.5) is 4.39 Å². The first-order chi connectivity index (χ1) is 9.57. The molecule has 0 saturated heterocycles. The molecule has 1 aliphatic carbocycles. The van der Waals surface area contributed by atoms with E-state index in [1.54, 1.807) is 19.2 Å². The van der Waals surface area contributed by atoms with E-state index in [1.807, 2.05) is 0 Å².